The van der Waals surface area contributed by atoms with Crippen molar-refractivity contribution < 1.29 is 0 Å². The van der Waals surface area contributed by atoms with E-state index in [2.05, 4.69) is 39.0 Å². The minimum absolute atomic E-state index is 0.596. The van der Waals surface area contributed by atoms with E-state index in [-0.39, 0.29) is 0 Å². The highest BCUT2D eigenvalue weighted by Gasteiger charge is 2.05. The van der Waals surface area contributed by atoms with Crippen LogP contribution in [0.4, 0.5) is 0 Å². The maximum absolute atomic E-state index is 5.60. The van der Waals surface area contributed by atoms with Crippen LogP contribution in [0.1, 0.15) is 18.1 Å². The average molecular weight is 209 g/mol. The van der Waals surface area contributed by atoms with Gasteiger partial charge in [-0.25, -0.2) is 0 Å². The number of nitrogens with two attached hydrogens (primary N) is 1. The van der Waals surface area contributed by atoms with Crippen molar-refractivity contribution >= 4 is 11.8 Å². The Balaban J connectivity index is 2.66. The maximum Gasteiger partial charge on any atom is 0.0130 e. The van der Waals surface area contributed by atoms with Crippen LogP contribution in [0.5, 0.6) is 0 Å². The van der Waals surface area contributed by atoms with Crippen LogP contribution >= 0.6 is 11.8 Å². The summed E-state index contributed by atoms with van der Waals surface area (Å²) in [6.07, 6.45) is 0. The minimum Gasteiger partial charge on any atom is -0.330 e. The van der Waals surface area contributed by atoms with Gasteiger partial charge in [0.15, 0.2) is 0 Å². The van der Waals surface area contributed by atoms with Crippen LogP contribution in [0, 0.1) is 19.8 Å². The van der Waals surface area contributed by atoms with Gasteiger partial charge in [0.25, 0.3) is 0 Å². The van der Waals surface area contributed by atoms with Gasteiger partial charge >= 0.3 is 0 Å². The second-order valence-corrected chi connectivity index (χ2v) is 4.90. The lowest BCUT2D eigenvalue weighted by Gasteiger charge is -2.11. The van der Waals surface area contributed by atoms with Crippen molar-refractivity contribution in [1.29, 1.82) is 0 Å². The van der Waals surface area contributed by atoms with Crippen LogP contribution in [0.2, 0.25) is 0 Å². The van der Waals surface area contributed by atoms with Crippen molar-refractivity contribution in [2.24, 2.45) is 11.7 Å². The van der Waals surface area contributed by atoms with Crippen LogP contribution in [-0.2, 0) is 0 Å². The van der Waals surface area contributed by atoms with E-state index in [0.717, 1.165) is 12.3 Å². The number of benzene rings is 1. The molecule has 2 heteroatoms. The van der Waals surface area contributed by atoms with Gasteiger partial charge in [-0.15, -0.1) is 11.8 Å². The Kier molecular flexibility index (Phi) is 4.49. The SMILES string of the molecule is Cc1cccc(C)c1SC[C@H](C)CN. The van der Waals surface area contributed by atoms with E-state index in [1.54, 1.807) is 0 Å². The third kappa shape index (κ3) is 3.03. The molecule has 0 radical (unpaired) electrons. The van der Waals surface area contributed by atoms with Gasteiger partial charge < -0.3 is 5.73 Å². The molecule has 0 aliphatic rings. The first-order valence-corrected chi connectivity index (χ1v) is 6.02. The van der Waals surface area contributed by atoms with Crippen LogP contribution < -0.4 is 5.73 Å². The zero-order chi connectivity index (χ0) is 10.6. The highest BCUT2D eigenvalue weighted by Crippen LogP contribution is 2.27. The monoisotopic (exact) mass is 209 g/mol. The predicted octanol–water partition coefficient (Wildman–Crippen LogP) is 2.99. The number of hydrogen-bond donors (Lipinski definition) is 1. The normalized spacial score (nSPS) is 12.9. The molecule has 1 rings (SSSR count). The summed E-state index contributed by atoms with van der Waals surface area (Å²) in [5.41, 5.74) is 8.35. The second kappa shape index (κ2) is 5.42. The van der Waals surface area contributed by atoms with Gasteiger partial charge in [-0.1, -0.05) is 25.1 Å². The summed E-state index contributed by atoms with van der Waals surface area (Å²) in [6.45, 7) is 7.31. The molecule has 0 aliphatic carbocycles. The molecule has 1 nitrogen and oxygen atoms in total. The molecule has 0 amide bonds. The van der Waals surface area contributed by atoms with Crippen molar-refractivity contribution in [2.75, 3.05) is 12.3 Å². The fourth-order valence-corrected chi connectivity index (χ4v) is 2.50. The Labute approximate surface area is 91.1 Å². The Morgan fingerprint density at radius 1 is 1.29 bits per heavy atom. The Bertz CT molecular complexity index is 276. The molecule has 0 bridgehead atoms. The third-order valence-electron chi connectivity index (χ3n) is 2.32. The smallest absolute Gasteiger partial charge is 0.0130 e. The van der Waals surface area contributed by atoms with E-state index in [4.69, 9.17) is 5.73 Å². The Hall–Kier alpha value is -0.470. The predicted molar refractivity (Wildman–Crippen MR) is 64.9 cm³/mol. The molecular formula is C12H19NS. The summed E-state index contributed by atoms with van der Waals surface area (Å²) in [7, 11) is 0. The van der Waals surface area contributed by atoms with Crippen LogP contribution in [-0.4, -0.2) is 12.3 Å². The molecule has 0 aromatic heterocycles. The van der Waals surface area contributed by atoms with Crippen molar-refractivity contribution in [2.45, 2.75) is 25.7 Å². The van der Waals surface area contributed by atoms with E-state index < -0.39 is 0 Å². The standard InChI is InChI=1S/C12H19NS/c1-9(7-13)8-14-12-10(2)5-4-6-11(12)3/h4-6,9H,7-8,13H2,1-3H3/t9-/m1/s1. The van der Waals surface area contributed by atoms with Crippen LogP contribution in [0.3, 0.4) is 0 Å². The lowest BCUT2D eigenvalue weighted by molar-refractivity contribution is 0.675. The molecule has 0 fully saturated rings. The van der Waals surface area contributed by atoms with Gasteiger partial charge in [0.05, 0.1) is 0 Å². The highest BCUT2D eigenvalue weighted by atomic mass is 32.2. The van der Waals surface area contributed by atoms with Gasteiger partial charge in [-0.2, -0.15) is 0 Å². The third-order valence-corrected chi connectivity index (χ3v) is 3.99. The second-order valence-electron chi connectivity index (χ2n) is 3.87. The summed E-state index contributed by atoms with van der Waals surface area (Å²) in [5, 5.41) is 0. The molecule has 0 saturated heterocycles. The van der Waals surface area contributed by atoms with Gasteiger partial charge in [0, 0.05) is 10.6 Å². The Morgan fingerprint density at radius 2 is 1.86 bits per heavy atom. The first-order valence-electron chi connectivity index (χ1n) is 5.04. The lowest BCUT2D eigenvalue weighted by atomic mass is 10.2. The zero-order valence-corrected chi connectivity index (χ0v) is 10.0. The van der Waals surface area contributed by atoms with Gasteiger partial charge in [-0.3, -0.25) is 0 Å². The fraction of sp³-hybridized carbons (Fsp3) is 0.500. The van der Waals surface area contributed by atoms with Crippen LogP contribution in [0.25, 0.3) is 0 Å². The molecular weight excluding hydrogens is 190 g/mol. The minimum atomic E-state index is 0.596. The van der Waals surface area contributed by atoms with Crippen molar-refractivity contribution in [1.82, 2.24) is 0 Å². The molecule has 1 atom stereocenters. The van der Waals surface area contributed by atoms with E-state index in [1.165, 1.54) is 16.0 Å². The molecule has 0 spiro atoms. The number of thioether (sulfide) groups is 1. The fourth-order valence-electron chi connectivity index (χ4n) is 1.32. The number of hydrogen-bond acceptors (Lipinski definition) is 2. The van der Waals surface area contributed by atoms with E-state index in [9.17, 15) is 0 Å². The average Bonchev–Trinajstić information content (AvgIpc) is 2.16. The summed E-state index contributed by atoms with van der Waals surface area (Å²) < 4.78 is 0. The van der Waals surface area contributed by atoms with Crippen molar-refractivity contribution in [3.05, 3.63) is 29.3 Å². The zero-order valence-electron chi connectivity index (χ0n) is 9.21. The molecule has 0 heterocycles. The molecule has 14 heavy (non-hydrogen) atoms. The van der Waals surface area contributed by atoms with Crippen molar-refractivity contribution in [3.8, 4) is 0 Å². The van der Waals surface area contributed by atoms with Gasteiger partial charge in [0.2, 0.25) is 0 Å². The Morgan fingerprint density at radius 3 is 2.36 bits per heavy atom. The quantitative estimate of drug-likeness (QED) is 0.771. The first-order chi connectivity index (χ1) is 6.65. The molecule has 0 unspecified atom stereocenters. The van der Waals surface area contributed by atoms with Crippen LogP contribution in [0.15, 0.2) is 23.1 Å². The van der Waals surface area contributed by atoms with E-state index in [0.29, 0.717) is 5.92 Å². The maximum atomic E-state index is 5.60. The van der Waals surface area contributed by atoms with Crippen molar-refractivity contribution in [3.63, 3.8) is 0 Å². The molecule has 2 N–H and O–H groups in total. The van der Waals surface area contributed by atoms with Gasteiger partial charge in [-0.05, 0) is 37.4 Å². The summed E-state index contributed by atoms with van der Waals surface area (Å²) >= 11 is 1.93. The molecule has 0 aliphatic heterocycles. The molecule has 0 saturated carbocycles. The molecule has 1 aromatic rings. The summed E-state index contributed by atoms with van der Waals surface area (Å²) in [5.74, 6) is 1.71. The van der Waals surface area contributed by atoms with Gasteiger partial charge in [0.1, 0.15) is 0 Å². The first kappa shape index (κ1) is 11.6. The molecule has 1 aromatic carbocycles. The highest BCUT2D eigenvalue weighted by molar-refractivity contribution is 7.99. The van der Waals surface area contributed by atoms with E-state index >= 15 is 0 Å². The molecule has 78 valence electrons. The lowest BCUT2D eigenvalue weighted by Crippen LogP contribution is -2.12. The topological polar surface area (TPSA) is 26.0 Å². The number of rotatable bonds is 4. The summed E-state index contributed by atoms with van der Waals surface area (Å²) in [4.78, 5) is 1.42. The number of aryl methyl sites for hydroxylation is 2. The van der Waals surface area contributed by atoms with E-state index in [1.807, 2.05) is 11.8 Å². The summed E-state index contributed by atoms with van der Waals surface area (Å²) in [6, 6.07) is 6.45. The largest absolute Gasteiger partial charge is 0.330 e.